The molecule has 0 saturated heterocycles. The largest absolute Gasteiger partial charge is 0.330 e. The highest BCUT2D eigenvalue weighted by Crippen LogP contribution is 2.32. The molecule has 1 aromatic rings. The molecule has 1 aromatic carbocycles. The lowest BCUT2D eigenvalue weighted by atomic mass is 9.83. The van der Waals surface area contributed by atoms with E-state index in [0.717, 1.165) is 13.0 Å². The molecule has 2 unspecified atom stereocenters. The predicted octanol–water partition coefficient (Wildman–Crippen LogP) is 4.69. The van der Waals surface area contributed by atoms with Crippen LogP contribution in [0.2, 0.25) is 10.0 Å². The van der Waals surface area contributed by atoms with Crippen LogP contribution in [0.4, 0.5) is 0 Å². The van der Waals surface area contributed by atoms with Crippen molar-refractivity contribution in [1.82, 2.24) is 0 Å². The summed E-state index contributed by atoms with van der Waals surface area (Å²) in [7, 11) is 0. The Morgan fingerprint density at radius 2 is 1.72 bits per heavy atom. The second kappa shape index (κ2) is 6.79. The molecular weight excluding hydrogens is 265 g/mol. The molecular formula is C15H21Cl2N. The number of nitrogens with two attached hydrogens (primary N) is 1. The molecule has 0 heterocycles. The SMILES string of the molecule is NCC1CCCCCC1Cc1ccc(Cl)c(Cl)c1. The van der Waals surface area contributed by atoms with Crippen LogP contribution in [0.25, 0.3) is 0 Å². The smallest absolute Gasteiger partial charge is 0.0595 e. The summed E-state index contributed by atoms with van der Waals surface area (Å²) in [5, 5.41) is 1.30. The molecule has 2 atom stereocenters. The van der Waals surface area contributed by atoms with E-state index >= 15 is 0 Å². The van der Waals surface area contributed by atoms with E-state index in [1.807, 2.05) is 12.1 Å². The van der Waals surface area contributed by atoms with Crippen molar-refractivity contribution in [3.05, 3.63) is 33.8 Å². The van der Waals surface area contributed by atoms with Gasteiger partial charge in [0.1, 0.15) is 0 Å². The van der Waals surface area contributed by atoms with Gasteiger partial charge in [0.2, 0.25) is 0 Å². The van der Waals surface area contributed by atoms with Crippen LogP contribution >= 0.6 is 23.2 Å². The zero-order valence-electron chi connectivity index (χ0n) is 10.7. The van der Waals surface area contributed by atoms with Gasteiger partial charge in [0.05, 0.1) is 10.0 Å². The molecule has 2 N–H and O–H groups in total. The highest BCUT2D eigenvalue weighted by molar-refractivity contribution is 6.42. The van der Waals surface area contributed by atoms with E-state index < -0.39 is 0 Å². The average molecular weight is 286 g/mol. The zero-order valence-corrected chi connectivity index (χ0v) is 12.2. The minimum Gasteiger partial charge on any atom is -0.330 e. The van der Waals surface area contributed by atoms with Crippen LogP contribution in [0, 0.1) is 11.8 Å². The second-order valence-corrected chi connectivity index (χ2v) is 6.16. The third-order valence-electron chi connectivity index (χ3n) is 4.10. The van der Waals surface area contributed by atoms with Crippen molar-refractivity contribution in [1.29, 1.82) is 0 Å². The van der Waals surface area contributed by atoms with Crippen molar-refractivity contribution in [2.75, 3.05) is 6.54 Å². The van der Waals surface area contributed by atoms with Crippen LogP contribution in [0.3, 0.4) is 0 Å². The number of hydrogen-bond acceptors (Lipinski definition) is 1. The average Bonchev–Trinajstić information content (AvgIpc) is 2.59. The lowest BCUT2D eigenvalue weighted by molar-refractivity contribution is 0.318. The number of benzene rings is 1. The summed E-state index contributed by atoms with van der Waals surface area (Å²) in [6.07, 6.45) is 7.68. The van der Waals surface area contributed by atoms with Crippen LogP contribution in [-0.2, 0) is 6.42 Å². The number of hydrogen-bond donors (Lipinski definition) is 1. The van der Waals surface area contributed by atoms with Crippen LogP contribution < -0.4 is 5.73 Å². The van der Waals surface area contributed by atoms with Gasteiger partial charge in [0.25, 0.3) is 0 Å². The summed E-state index contributed by atoms with van der Waals surface area (Å²) < 4.78 is 0. The molecule has 1 saturated carbocycles. The van der Waals surface area contributed by atoms with E-state index in [9.17, 15) is 0 Å². The molecule has 1 aliphatic rings. The van der Waals surface area contributed by atoms with Gasteiger partial charge in [0.15, 0.2) is 0 Å². The molecule has 0 amide bonds. The van der Waals surface area contributed by atoms with Crippen LogP contribution in [0.1, 0.15) is 37.7 Å². The van der Waals surface area contributed by atoms with E-state index in [1.54, 1.807) is 0 Å². The fourth-order valence-corrected chi connectivity index (χ4v) is 3.33. The fourth-order valence-electron chi connectivity index (χ4n) is 3.01. The standard InChI is InChI=1S/C15H21Cl2N/c16-14-7-6-11(9-15(14)17)8-12-4-2-1-3-5-13(12)10-18/h6-7,9,12-13H,1-5,8,10,18H2. The maximum absolute atomic E-state index is 6.08. The molecule has 0 aromatic heterocycles. The van der Waals surface area contributed by atoms with Crippen molar-refractivity contribution in [3.8, 4) is 0 Å². The van der Waals surface area contributed by atoms with Crippen molar-refractivity contribution in [3.63, 3.8) is 0 Å². The lowest BCUT2D eigenvalue weighted by Gasteiger charge is -2.24. The summed E-state index contributed by atoms with van der Waals surface area (Å²) in [6.45, 7) is 0.811. The van der Waals surface area contributed by atoms with Gasteiger partial charge in [0, 0.05) is 0 Å². The van der Waals surface area contributed by atoms with Gasteiger partial charge in [-0.25, -0.2) is 0 Å². The predicted molar refractivity (Wildman–Crippen MR) is 79.3 cm³/mol. The Hall–Kier alpha value is -0.240. The first-order valence-electron chi connectivity index (χ1n) is 6.84. The number of rotatable bonds is 3. The normalized spacial score (nSPS) is 24.8. The molecule has 0 radical (unpaired) electrons. The quantitative estimate of drug-likeness (QED) is 0.801. The third-order valence-corrected chi connectivity index (χ3v) is 4.84. The highest BCUT2D eigenvalue weighted by Gasteiger charge is 2.22. The number of halogens is 2. The molecule has 0 bridgehead atoms. The highest BCUT2D eigenvalue weighted by atomic mass is 35.5. The first-order valence-corrected chi connectivity index (χ1v) is 7.60. The molecule has 1 aliphatic carbocycles. The molecule has 100 valence electrons. The van der Waals surface area contributed by atoms with Crippen molar-refractivity contribution in [2.45, 2.75) is 38.5 Å². The van der Waals surface area contributed by atoms with Gasteiger partial charge >= 0.3 is 0 Å². The lowest BCUT2D eigenvalue weighted by Crippen LogP contribution is -2.24. The van der Waals surface area contributed by atoms with E-state index in [4.69, 9.17) is 28.9 Å². The Balaban J connectivity index is 2.07. The van der Waals surface area contributed by atoms with Crippen molar-refractivity contribution < 1.29 is 0 Å². The van der Waals surface area contributed by atoms with Gasteiger partial charge in [-0.3, -0.25) is 0 Å². The molecule has 1 fully saturated rings. The Morgan fingerprint density at radius 3 is 2.39 bits per heavy atom. The topological polar surface area (TPSA) is 26.0 Å². The van der Waals surface area contributed by atoms with Gasteiger partial charge in [-0.05, 0) is 55.3 Å². The monoisotopic (exact) mass is 285 g/mol. The molecule has 2 rings (SSSR count). The van der Waals surface area contributed by atoms with Crippen LogP contribution in [0.5, 0.6) is 0 Å². The first kappa shape index (κ1) is 14.2. The minimum absolute atomic E-state index is 0.636. The molecule has 1 nitrogen and oxygen atoms in total. The van der Waals surface area contributed by atoms with E-state index in [2.05, 4.69) is 6.07 Å². The fraction of sp³-hybridized carbons (Fsp3) is 0.600. The Kier molecular flexibility index (Phi) is 5.35. The van der Waals surface area contributed by atoms with E-state index in [0.29, 0.717) is 21.9 Å². The van der Waals surface area contributed by atoms with Crippen LogP contribution in [0.15, 0.2) is 18.2 Å². The first-order chi connectivity index (χ1) is 8.70. The minimum atomic E-state index is 0.636. The van der Waals surface area contributed by atoms with Gasteiger partial charge in [-0.2, -0.15) is 0 Å². The molecule has 18 heavy (non-hydrogen) atoms. The van der Waals surface area contributed by atoms with Gasteiger partial charge < -0.3 is 5.73 Å². The summed E-state index contributed by atoms with van der Waals surface area (Å²) in [4.78, 5) is 0. The van der Waals surface area contributed by atoms with Gasteiger partial charge in [-0.1, -0.05) is 48.5 Å². The summed E-state index contributed by atoms with van der Waals surface area (Å²) in [5.41, 5.74) is 7.21. The third kappa shape index (κ3) is 3.63. The second-order valence-electron chi connectivity index (χ2n) is 5.35. The Morgan fingerprint density at radius 1 is 1.00 bits per heavy atom. The van der Waals surface area contributed by atoms with Gasteiger partial charge in [-0.15, -0.1) is 0 Å². The summed E-state index contributed by atoms with van der Waals surface area (Å²) in [5.74, 6) is 1.37. The van der Waals surface area contributed by atoms with E-state index in [1.165, 1.54) is 37.7 Å². The van der Waals surface area contributed by atoms with Crippen molar-refractivity contribution in [2.24, 2.45) is 17.6 Å². The molecule has 0 aliphatic heterocycles. The Labute approximate surface area is 120 Å². The molecule has 0 spiro atoms. The van der Waals surface area contributed by atoms with Crippen LogP contribution in [-0.4, -0.2) is 6.54 Å². The Bertz CT molecular complexity index is 392. The zero-order chi connectivity index (χ0) is 13.0. The maximum Gasteiger partial charge on any atom is 0.0595 e. The van der Waals surface area contributed by atoms with E-state index in [-0.39, 0.29) is 0 Å². The maximum atomic E-state index is 6.08. The summed E-state index contributed by atoms with van der Waals surface area (Å²) in [6, 6.07) is 5.99. The van der Waals surface area contributed by atoms with Crippen molar-refractivity contribution >= 4 is 23.2 Å². The molecule has 3 heteroatoms. The summed E-state index contributed by atoms with van der Waals surface area (Å²) >= 11 is 12.0.